The summed E-state index contributed by atoms with van der Waals surface area (Å²) >= 11 is 0. The molecule has 0 spiro atoms. The highest BCUT2D eigenvalue weighted by Gasteiger charge is 2.58. The van der Waals surface area contributed by atoms with E-state index in [0.29, 0.717) is 24.8 Å². The fourth-order valence-corrected chi connectivity index (χ4v) is 4.50. The van der Waals surface area contributed by atoms with Gasteiger partial charge in [0.05, 0.1) is 17.6 Å². The summed E-state index contributed by atoms with van der Waals surface area (Å²) in [5.74, 6) is -0.0716. The number of aliphatic hydroxyl groups excluding tert-OH is 1. The fourth-order valence-electron chi connectivity index (χ4n) is 4.50. The fraction of sp³-hybridized carbons (Fsp3) is 0.524. The lowest BCUT2D eigenvalue weighted by molar-refractivity contribution is -0.142. The number of hydrogen-bond acceptors (Lipinski definition) is 3. The number of benzene rings is 1. The van der Waals surface area contributed by atoms with Crippen molar-refractivity contribution in [3.63, 3.8) is 0 Å². The van der Waals surface area contributed by atoms with E-state index in [2.05, 4.69) is 19.2 Å². The maximum absolute atomic E-state index is 13.4. The first-order valence-electron chi connectivity index (χ1n) is 9.07. The van der Waals surface area contributed by atoms with Gasteiger partial charge in [-0.25, -0.2) is 0 Å². The lowest BCUT2D eigenvalue weighted by atomic mass is 9.51. The second kappa shape index (κ2) is 6.41. The number of rotatable bonds is 3. The third kappa shape index (κ3) is 2.93. The Morgan fingerprint density at radius 1 is 1.24 bits per heavy atom. The molecule has 0 unspecified atom stereocenters. The summed E-state index contributed by atoms with van der Waals surface area (Å²) < 4.78 is 0. The standard InChI is InChI=1S/C21H27NO3/c1-14(15-7-5-4-6-8-15)22-19(25)21-12-9-16(23)13-17(21)18(24)10-11-20(21,2)3/h4-8,13-14,18,24H,9-12H2,1-3H3,(H,22,25)/t14-,18+,21-/m0/s1. The Labute approximate surface area is 149 Å². The van der Waals surface area contributed by atoms with E-state index < -0.39 is 11.5 Å². The first-order chi connectivity index (χ1) is 11.8. The third-order valence-electron chi connectivity index (χ3n) is 6.15. The monoisotopic (exact) mass is 341 g/mol. The van der Waals surface area contributed by atoms with Crippen LogP contribution < -0.4 is 5.32 Å². The molecular weight excluding hydrogens is 314 g/mol. The van der Waals surface area contributed by atoms with Crippen LogP contribution in [-0.4, -0.2) is 22.9 Å². The highest BCUT2D eigenvalue weighted by Crippen LogP contribution is 2.57. The van der Waals surface area contributed by atoms with Crippen LogP contribution in [0.4, 0.5) is 0 Å². The van der Waals surface area contributed by atoms with Crippen LogP contribution in [0, 0.1) is 10.8 Å². The van der Waals surface area contributed by atoms with E-state index in [4.69, 9.17) is 0 Å². The molecule has 0 bridgehead atoms. The molecule has 1 aromatic carbocycles. The van der Waals surface area contributed by atoms with Gasteiger partial charge in [0, 0.05) is 6.42 Å². The van der Waals surface area contributed by atoms with E-state index >= 15 is 0 Å². The zero-order chi connectivity index (χ0) is 18.2. The molecule has 0 heterocycles. The summed E-state index contributed by atoms with van der Waals surface area (Å²) in [6.45, 7) is 6.12. The molecule has 3 rings (SSSR count). The van der Waals surface area contributed by atoms with E-state index in [1.165, 1.54) is 6.08 Å². The first-order valence-corrected chi connectivity index (χ1v) is 9.07. The minimum absolute atomic E-state index is 0.00582. The highest BCUT2D eigenvalue weighted by atomic mass is 16.3. The van der Waals surface area contributed by atoms with Crippen LogP contribution in [0.2, 0.25) is 0 Å². The Kier molecular flexibility index (Phi) is 4.58. The summed E-state index contributed by atoms with van der Waals surface area (Å²) in [5, 5.41) is 13.7. The molecule has 2 aliphatic rings. The smallest absolute Gasteiger partial charge is 0.231 e. The molecule has 0 radical (unpaired) electrons. The van der Waals surface area contributed by atoms with E-state index in [9.17, 15) is 14.7 Å². The Morgan fingerprint density at radius 3 is 2.60 bits per heavy atom. The molecule has 1 aromatic rings. The number of nitrogens with one attached hydrogen (secondary N) is 1. The average Bonchev–Trinajstić information content (AvgIpc) is 2.59. The van der Waals surface area contributed by atoms with Crippen molar-refractivity contribution in [1.29, 1.82) is 0 Å². The lowest BCUT2D eigenvalue weighted by Gasteiger charge is -2.53. The number of aliphatic hydroxyl groups is 1. The molecule has 3 atom stereocenters. The van der Waals surface area contributed by atoms with E-state index in [1.54, 1.807) is 0 Å². The van der Waals surface area contributed by atoms with Crippen molar-refractivity contribution in [2.75, 3.05) is 0 Å². The summed E-state index contributed by atoms with van der Waals surface area (Å²) in [5.41, 5.74) is 0.525. The van der Waals surface area contributed by atoms with E-state index in [1.807, 2.05) is 37.3 Å². The maximum Gasteiger partial charge on any atom is 0.231 e. The van der Waals surface area contributed by atoms with Crippen molar-refractivity contribution in [3.05, 3.63) is 47.5 Å². The first kappa shape index (κ1) is 17.9. The second-order valence-corrected chi connectivity index (χ2v) is 8.02. The van der Waals surface area contributed by atoms with Gasteiger partial charge in [-0.3, -0.25) is 9.59 Å². The molecule has 25 heavy (non-hydrogen) atoms. The van der Waals surface area contributed by atoms with Crippen molar-refractivity contribution in [3.8, 4) is 0 Å². The molecule has 1 amide bonds. The van der Waals surface area contributed by atoms with Gasteiger partial charge < -0.3 is 10.4 Å². The minimum Gasteiger partial charge on any atom is -0.389 e. The predicted octanol–water partition coefficient (Wildman–Crippen LogP) is 3.32. The van der Waals surface area contributed by atoms with E-state index in [0.717, 1.165) is 12.0 Å². The Bertz CT molecular complexity index is 707. The molecule has 134 valence electrons. The van der Waals surface area contributed by atoms with Crippen LogP contribution in [-0.2, 0) is 9.59 Å². The predicted molar refractivity (Wildman–Crippen MR) is 96.8 cm³/mol. The number of allylic oxidation sites excluding steroid dienone is 1. The van der Waals surface area contributed by atoms with Crippen LogP contribution in [0.25, 0.3) is 0 Å². The van der Waals surface area contributed by atoms with Crippen LogP contribution >= 0.6 is 0 Å². The highest BCUT2D eigenvalue weighted by molar-refractivity contribution is 5.97. The van der Waals surface area contributed by atoms with Crippen molar-refractivity contribution in [2.24, 2.45) is 10.8 Å². The number of hydrogen-bond donors (Lipinski definition) is 2. The molecule has 4 heteroatoms. The summed E-state index contributed by atoms with van der Waals surface area (Å²) in [7, 11) is 0. The van der Waals surface area contributed by atoms with Gasteiger partial charge in [-0.05, 0) is 48.8 Å². The van der Waals surface area contributed by atoms with E-state index in [-0.39, 0.29) is 23.1 Å². The van der Waals surface area contributed by atoms with Gasteiger partial charge in [-0.1, -0.05) is 44.2 Å². The van der Waals surface area contributed by atoms with Gasteiger partial charge in [0.15, 0.2) is 5.78 Å². The van der Waals surface area contributed by atoms with Crippen molar-refractivity contribution < 1.29 is 14.7 Å². The zero-order valence-corrected chi connectivity index (χ0v) is 15.2. The normalized spacial score (nSPS) is 29.4. The van der Waals surface area contributed by atoms with Crippen LogP contribution in [0.15, 0.2) is 42.0 Å². The summed E-state index contributed by atoms with van der Waals surface area (Å²) in [4.78, 5) is 25.4. The van der Waals surface area contributed by atoms with Crippen molar-refractivity contribution >= 4 is 11.7 Å². The summed E-state index contributed by atoms with van der Waals surface area (Å²) in [6, 6.07) is 9.71. The molecule has 0 aliphatic heterocycles. The largest absolute Gasteiger partial charge is 0.389 e. The third-order valence-corrected chi connectivity index (χ3v) is 6.15. The Morgan fingerprint density at radius 2 is 1.92 bits per heavy atom. The molecule has 4 nitrogen and oxygen atoms in total. The van der Waals surface area contributed by atoms with Crippen molar-refractivity contribution in [1.82, 2.24) is 5.32 Å². The Hall–Kier alpha value is -1.94. The lowest BCUT2D eigenvalue weighted by Crippen LogP contribution is -2.57. The molecule has 2 N–H and O–H groups in total. The Balaban J connectivity index is 1.97. The molecule has 2 aliphatic carbocycles. The van der Waals surface area contributed by atoms with Gasteiger partial charge in [0.1, 0.15) is 0 Å². The molecular formula is C21H27NO3. The van der Waals surface area contributed by atoms with Gasteiger partial charge in [0.25, 0.3) is 0 Å². The number of carbonyl (C=O) groups excluding carboxylic acids is 2. The van der Waals surface area contributed by atoms with Gasteiger partial charge in [-0.2, -0.15) is 0 Å². The zero-order valence-electron chi connectivity index (χ0n) is 15.2. The SMILES string of the molecule is C[C@H](NC(=O)[C@]12CCC(=O)C=C1[C@H](O)CCC2(C)C)c1ccccc1. The number of amides is 1. The average molecular weight is 341 g/mol. The number of ketones is 1. The van der Waals surface area contributed by atoms with Crippen LogP contribution in [0.5, 0.6) is 0 Å². The van der Waals surface area contributed by atoms with Crippen LogP contribution in [0.1, 0.15) is 58.1 Å². The van der Waals surface area contributed by atoms with Gasteiger partial charge in [0.2, 0.25) is 5.91 Å². The second-order valence-electron chi connectivity index (χ2n) is 8.02. The molecule has 0 saturated heterocycles. The number of carbonyl (C=O) groups is 2. The van der Waals surface area contributed by atoms with Crippen molar-refractivity contribution in [2.45, 2.75) is 58.6 Å². The molecule has 1 saturated carbocycles. The molecule has 0 aromatic heterocycles. The molecule has 1 fully saturated rings. The van der Waals surface area contributed by atoms with Crippen LogP contribution in [0.3, 0.4) is 0 Å². The topological polar surface area (TPSA) is 66.4 Å². The summed E-state index contributed by atoms with van der Waals surface area (Å²) in [6.07, 6.45) is 2.99. The minimum atomic E-state index is -0.818. The van der Waals surface area contributed by atoms with Gasteiger partial charge in [-0.15, -0.1) is 0 Å². The number of fused-ring (bicyclic) bond motifs is 1. The maximum atomic E-state index is 13.4. The quantitative estimate of drug-likeness (QED) is 0.886. The van der Waals surface area contributed by atoms with Gasteiger partial charge >= 0.3 is 0 Å².